The number of methoxy groups -OCH3 is 1. The van der Waals surface area contributed by atoms with E-state index in [1.165, 1.54) is 25.3 Å². The number of carbonyl (C=O) groups is 1. The highest BCUT2D eigenvalue weighted by Crippen LogP contribution is 2.71. The van der Waals surface area contributed by atoms with E-state index in [1.54, 1.807) is 24.3 Å². The van der Waals surface area contributed by atoms with Crippen molar-refractivity contribution in [1.29, 1.82) is 0 Å². The van der Waals surface area contributed by atoms with Crippen molar-refractivity contribution < 1.29 is 43.3 Å². The lowest BCUT2D eigenvalue weighted by molar-refractivity contribution is -0.645. The van der Waals surface area contributed by atoms with Crippen LogP contribution in [0.2, 0.25) is 0 Å². The second-order valence-corrected chi connectivity index (χ2v) is 12.4. The summed E-state index contributed by atoms with van der Waals surface area (Å²) in [4.78, 5) is 42.0. The maximum atomic E-state index is 11.9. The van der Waals surface area contributed by atoms with Crippen LogP contribution < -0.4 is 4.52 Å². The van der Waals surface area contributed by atoms with Crippen molar-refractivity contribution in [2.24, 2.45) is 17.8 Å². The van der Waals surface area contributed by atoms with Gasteiger partial charge < -0.3 is 14.4 Å². The zero-order valence-corrected chi connectivity index (χ0v) is 21.1. The molecule has 5 aliphatic rings. The van der Waals surface area contributed by atoms with Gasteiger partial charge in [-0.15, -0.1) is 11.6 Å². The molecule has 5 fully saturated rings. The van der Waals surface area contributed by atoms with Gasteiger partial charge in [0.25, 0.3) is 5.79 Å². The van der Waals surface area contributed by atoms with Crippen LogP contribution in [0, 0.1) is 17.8 Å². The van der Waals surface area contributed by atoms with Crippen molar-refractivity contribution in [3.8, 4) is 16.9 Å². The van der Waals surface area contributed by atoms with E-state index in [-0.39, 0.29) is 28.0 Å². The van der Waals surface area contributed by atoms with Crippen LogP contribution in [0.15, 0.2) is 42.5 Å². The fraction of sp³-hybridized carbons (Fsp3) is 0.480. The van der Waals surface area contributed by atoms with E-state index in [0.29, 0.717) is 22.6 Å². The zero-order valence-electron chi connectivity index (χ0n) is 19.4. The highest BCUT2D eigenvalue weighted by atomic mass is 35.5. The van der Waals surface area contributed by atoms with Crippen molar-refractivity contribution in [1.82, 2.24) is 0 Å². The minimum atomic E-state index is -4.93. The van der Waals surface area contributed by atoms with Crippen LogP contribution >= 0.6 is 19.4 Å². The number of benzene rings is 2. The summed E-state index contributed by atoms with van der Waals surface area (Å²) < 4.78 is 23.0. The number of hydrogen-bond acceptors (Lipinski definition) is 6. The molecule has 4 saturated carbocycles. The molecule has 0 radical (unpaired) electrons. The summed E-state index contributed by atoms with van der Waals surface area (Å²) >= 11 is 6.96. The summed E-state index contributed by atoms with van der Waals surface area (Å²) in [6.07, 6.45) is 4.50. The molecule has 4 aliphatic carbocycles. The SMILES string of the molecule is CO[C@@]1(c2ccc(-c3ccc(C(=O)O)cc3)c(OP(=O)(O)O)c2)OOC12C1CC3CC2CC(Cl)(C3)C1. The van der Waals surface area contributed by atoms with Crippen LogP contribution in [0.1, 0.15) is 48.0 Å². The molecule has 1 heterocycles. The molecule has 1 spiro atoms. The van der Waals surface area contributed by atoms with Crippen molar-refractivity contribution in [3.63, 3.8) is 0 Å². The molecule has 4 bridgehead atoms. The first-order valence-electron chi connectivity index (χ1n) is 11.8. The summed E-state index contributed by atoms with van der Waals surface area (Å²) in [6.45, 7) is 0. The van der Waals surface area contributed by atoms with Crippen LogP contribution in [0.4, 0.5) is 0 Å². The van der Waals surface area contributed by atoms with Gasteiger partial charge in [-0.25, -0.2) is 14.2 Å². The number of carboxylic acid groups (broad SMARTS) is 1. The quantitative estimate of drug-likeness (QED) is 0.269. The fourth-order valence-electron chi connectivity index (χ4n) is 7.31. The van der Waals surface area contributed by atoms with Gasteiger partial charge >= 0.3 is 13.8 Å². The lowest BCUT2D eigenvalue weighted by Gasteiger charge is -2.70. The van der Waals surface area contributed by atoms with Crippen LogP contribution in [-0.4, -0.2) is 38.4 Å². The molecule has 0 aromatic heterocycles. The molecule has 36 heavy (non-hydrogen) atoms. The number of phosphoric acid groups is 1. The molecule has 11 heteroatoms. The van der Waals surface area contributed by atoms with Gasteiger partial charge in [-0.1, -0.05) is 24.3 Å². The Balaban J connectivity index is 1.44. The maximum Gasteiger partial charge on any atom is 0.524 e. The van der Waals surface area contributed by atoms with E-state index in [1.807, 2.05) is 0 Å². The highest BCUT2D eigenvalue weighted by molar-refractivity contribution is 7.46. The molecular formula is C25H26ClO9P. The molecule has 1 aliphatic heterocycles. The van der Waals surface area contributed by atoms with Gasteiger partial charge in [0, 0.05) is 23.1 Å². The molecule has 2 aromatic carbocycles. The lowest BCUT2D eigenvalue weighted by atomic mass is 9.46. The fourth-order valence-corrected chi connectivity index (χ4v) is 8.30. The molecule has 0 amide bonds. The number of rotatable bonds is 6. The first kappa shape index (κ1) is 24.4. The van der Waals surface area contributed by atoms with Gasteiger partial charge in [-0.05, 0) is 73.6 Å². The Labute approximate surface area is 212 Å². The largest absolute Gasteiger partial charge is 0.524 e. The molecule has 7 rings (SSSR count). The lowest BCUT2D eigenvalue weighted by Crippen LogP contribution is -2.78. The number of carboxylic acids is 1. The Morgan fingerprint density at radius 3 is 2.22 bits per heavy atom. The van der Waals surface area contributed by atoms with Gasteiger partial charge in [-0.2, -0.15) is 4.89 Å². The topological polar surface area (TPSA) is 132 Å². The molecule has 3 N–H and O–H groups in total. The zero-order chi connectivity index (χ0) is 25.5. The molecule has 192 valence electrons. The van der Waals surface area contributed by atoms with Crippen LogP contribution in [-0.2, 0) is 24.9 Å². The van der Waals surface area contributed by atoms with E-state index < -0.39 is 25.2 Å². The number of alkyl halides is 1. The molecule has 1 saturated heterocycles. The first-order valence-corrected chi connectivity index (χ1v) is 13.7. The number of ether oxygens (including phenoxy) is 1. The van der Waals surface area contributed by atoms with Crippen molar-refractivity contribution in [3.05, 3.63) is 53.6 Å². The third-order valence-electron chi connectivity index (χ3n) is 8.45. The third-order valence-corrected chi connectivity index (χ3v) is 9.35. The number of aromatic carboxylic acids is 1. The Hall–Kier alpha value is -1.97. The van der Waals surface area contributed by atoms with Gasteiger partial charge in [-0.3, -0.25) is 9.79 Å². The second-order valence-electron chi connectivity index (χ2n) is 10.5. The maximum absolute atomic E-state index is 11.9. The first-order chi connectivity index (χ1) is 17.0. The van der Waals surface area contributed by atoms with E-state index in [9.17, 15) is 24.3 Å². The summed E-state index contributed by atoms with van der Waals surface area (Å²) in [5.74, 6) is -1.68. The molecule has 2 aromatic rings. The Kier molecular flexibility index (Phi) is 5.42. The summed E-state index contributed by atoms with van der Waals surface area (Å²) in [6, 6.07) is 10.9. The Morgan fingerprint density at radius 1 is 1.06 bits per heavy atom. The van der Waals surface area contributed by atoms with Gasteiger partial charge in [0.2, 0.25) is 0 Å². The molecular weight excluding hydrogens is 511 g/mol. The second kappa shape index (κ2) is 8.01. The van der Waals surface area contributed by atoms with Crippen LogP contribution in [0.25, 0.3) is 11.1 Å². The van der Waals surface area contributed by atoms with Crippen molar-refractivity contribution in [2.45, 2.75) is 48.4 Å². The predicted octanol–water partition coefficient (Wildman–Crippen LogP) is 4.84. The van der Waals surface area contributed by atoms with E-state index in [0.717, 1.165) is 32.1 Å². The average molecular weight is 537 g/mol. The normalized spacial score (nSPS) is 36.6. The van der Waals surface area contributed by atoms with Gasteiger partial charge in [0.05, 0.1) is 5.56 Å². The van der Waals surface area contributed by atoms with Gasteiger partial charge in [0.1, 0.15) is 5.75 Å². The van der Waals surface area contributed by atoms with Crippen LogP contribution in [0.3, 0.4) is 0 Å². The van der Waals surface area contributed by atoms with Crippen LogP contribution in [0.5, 0.6) is 5.75 Å². The van der Waals surface area contributed by atoms with E-state index >= 15 is 0 Å². The number of halogens is 1. The minimum absolute atomic E-state index is 0.0800. The standard InChI is InChI=1S/C25H26ClO9P/c1-32-25(24(34-35-25)18-8-14-9-19(24)13-23(26,11-14)12-18)17-6-7-20(21(10-17)33-36(29,30)31)15-2-4-16(5-3-15)22(27)28/h2-7,10,14,18-19H,8-9,11-13H2,1H3,(H,27,28)(H2,29,30,31)/t14?,18?,19?,23?,24?,25-/m0/s1. The third kappa shape index (κ3) is 3.49. The number of hydrogen-bond donors (Lipinski definition) is 3. The molecule has 2 unspecified atom stereocenters. The monoisotopic (exact) mass is 536 g/mol. The summed E-state index contributed by atoms with van der Waals surface area (Å²) in [5, 5.41) is 9.19. The molecule has 3 atom stereocenters. The Bertz CT molecular complexity index is 1250. The predicted molar refractivity (Wildman–Crippen MR) is 127 cm³/mol. The van der Waals surface area contributed by atoms with Gasteiger partial charge in [0.15, 0.2) is 5.60 Å². The smallest absolute Gasteiger partial charge is 0.478 e. The van der Waals surface area contributed by atoms with E-state index in [4.69, 9.17) is 30.6 Å². The van der Waals surface area contributed by atoms with Crippen molar-refractivity contribution in [2.75, 3.05) is 7.11 Å². The molecule has 9 nitrogen and oxygen atoms in total. The number of phosphoric ester groups is 1. The Morgan fingerprint density at radius 2 is 1.72 bits per heavy atom. The highest BCUT2D eigenvalue weighted by Gasteiger charge is 2.78. The average Bonchev–Trinajstić information content (AvgIpc) is 2.77. The minimum Gasteiger partial charge on any atom is -0.478 e. The van der Waals surface area contributed by atoms with E-state index in [2.05, 4.69) is 0 Å². The van der Waals surface area contributed by atoms with Crippen molar-refractivity contribution >= 4 is 25.4 Å². The summed E-state index contributed by atoms with van der Waals surface area (Å²) in [5.41, 5.74) is 0.750. The summed E-state index contributed by atoms with van der Waals surface area (Å²) in [7, 11) is -3.39.